The van der Waals surface area contributed by atoms with Crippen LogP contribution in [-0.2, 0) is 6.54 Å². The fraction of sp³-hybridized carbons (Fsp3) is 0.760. The lowest BCUT2D eigenvalue weighted by molar-refractivity contribution is 0.0644. The van der Waals surface area contributed by atoms with Gasteiger partial charge in [-0.15, -0.1) is 0 Å². The van der Waals surface area contributed by atoms with Crippen LogP contribution in [0.3, 0.4) is 0 Å². The molecule has 0 aromatic heterocycles. The van der Waals surface area contributed by atoms with Gasteiger partial charge in [0.05, 0.1) is 7.11 Å². The number of likely N-dealkylation sites (tertiary alicyclic amines) is 1. The van der Waals surface area contributed by atoms with Crippen LogP contribution in [0, 0.1) is 11.8 Å². The monoisotopic (exact) mass is 416 g/mol. The zero-order valence-electron chi connectivity index (χ0n) is 18.7. The van der Waals surface area contributed by atoms with E-state index >= 15 is 0 Å². The van der Waals surface area contributed by atoms with Gasteiger partial charge in [0, 0.05) is 19.1 Å². The molecule has 1 heterocycles. The molecule has 1 aromatic rings. The van der Waals surface area contributed by atoms with Gasteiger partial charge in [-0.2, -0.15) is 0 Å². The first kappa shape index (κ1) is 21.9. The van der Waals surface area contributed by atoms with Crippen LogP contribution in [0.15, 0.2) is 18.2 Å². The molecule has 0 bridgehead atoms. The topological polar surface area (TPSA) is 54.0 Å². The molecule has 1 atom stereocenters. The number of nitrogens with one attached hydrogen (secondary N) is 1. The Labute approximate surface area is 182 Å². The molecule has 3 aliphatic rings. The third kappa shape index (κ3) is 6.60. The minimum absolute atomic E-state index is 0.302. The summed E-state index contributed by atoms with van der Waals surface area (Å²) in [6.07, 6.45) is 11.5. The van der Waals surface area contributed by atoms with E-state index < -0.39 is 6.10 Å². The zero-order valence-corrected chi connectivity index (χ0v) is 18.7. The van der Waals surface area contributed by atoms with Crippen molar-refractivity contribution in [1.82, 2.24) is 10.2 Å². The van der Waals surface area contributed by atoms with E-state index in [1.165, 1.54) is 63.4 Å². The summed E-state index contributed by atoms with van der Waals surface area (Å²) in [4.78, 5) is 2.39. The molecular formula is C25H40N2O3. The van der Waals surface area contributed by atoms with Gasteiger partial charge in [-0.3, -0.25) is 0 Å². The van der Waals surface area contributed by atoms with E-state index in [0.29, 0.717) is 19.2 Å². The molecule has 1 aromatic carbocycles. The predicted molar refractivity (Wildman–Crippen MR) is 120 cm³/mol. The summed E-state index contributed by atoms with van der Waals surface area (Å²) in [6, 6.07) is 6.87. The Bertz CT molecular complexity index is 640. The van der Waals surface area contributed by atoms with Crippen LogP contribution >= 0.6 is 0 Å². The number of methoxy groups -OCH3 is 1. The number of β-amino-alcohol motifs (C(OH)–C–C–N with tert-alkyl or cyclic N) is 1. The number of nitrogens with zero attached hydrogens (tertiary/aromatic N) is 1. The third-order valence-electron chi connectivity index (χ3n) is 6.88. The molecule has 2 saturated carbocycles. The predicted octanol–water partition coefficient (Wildman–Crippen LogP) is 3.98. The Morgan fingerprint density at radius 2 is 1.67 bits per heavy atom. The smallest absolute Gasteiger partial charge is 0.161 e. The highest BCUT2D eigenvalue weighted by Gasteiger charge is 2.40. The van der Waals surface area contributed by atoms with Crippen molar-refractivity contribution in [3.05, 3.63) is 23.8 Å². The Kier molecular flexibility index (Phi) is 7.91. The number of aliphatic hydroxyl groups excluding tert-OH is 1. The van der Waals surface area contributed by atoms with Crippen molar-refractivity contribution in [1.29, 1.82) is 0 Å². The molecule has 30 heavy (non-hydrogen) atoms. The van der Waals surface area contributed by atoms with Crippen LogP contribution in [0.4, 0.5) is 0 Å². The first-order chi connectivity index (χ1) is 14.7. The molecule has 1 saturated heterocycles. The SMILES string of the molecule is COc1ccc(CNC(C2CC2)C2CC2)cc1OC[C@H](O)CN1CCCCCCC1. The highest BCUT2D eigenvalue weighted by Crippen LogP contribution is 2.44. The number of hydrogen-bond donors (Lipinski definition) is 2. The zero-order chi connectivity index (χ0) is 20.8. The highest BCUT2D eigenvalue weighted by atomic mass is 16.5. The summed E-state index contributed by atoms with van der Waals surface area (Å²) in [6.45, 7) is 4.04. The van der Waals surface area contributed by atoms with E-state index in [1.54, 1.807) is 7.11 Å². The average Bonchev–Trinajstić information content (AvgIpc) is 3.63. The summed E-state index contributed by atoms with van der Waals surface area (Å²) in [5, 5.41) is 14.4. The largest absolute Gasteiger partial charge is 0.493 e. The van der Waals surface area contributed by atoms with Gasteiger partial charge in [0.15, 0.2) is 11.5 Å². The molecular weight excluding hydrogens is 376 g/mol. The summed E-state index contributed by atoms with van der Waals surface area (Å²) < 4.78 is 11.5. The van der Waals surface area contributed by atoms with Gasteiger partial charge < -0.3 is 24.8 Å². The first-order valence-corrected chi connectivity index (χ1v) is 12.2. The lowest BCUT2D eigenvalue weighted by Gasteiger charge is -2.27. The lowest BCUT2D eigenvalue weighted by Crippen LogP contribution is -2.37. The second-order valence-corrected chi connectivity index (χ2v) is 9.60. The number of aliphatic hydroxyl groups is 1. The molecule has 0 amide bonds. The van der Waals surface area contributed by atoms with Crippen LogP contribution in [0.5, 0.6) is 11.5 Å². The molecule has 0 spiro atoms. The van der Waals surface area contributed by atoms with Crippen molar-refractivity contribution < 1.29 is 14.6 Å². The van der Waals surface area contributed by atoms with Crippen LogP contribution in [0.1, 0.15) is 63.4 Å². The minimum atomic E-state index is -0.481. The second kappa shape index (κ2) is 10.8. The quantitative estimate of drug-likeness (QED) is 0.571. The molecule has 3 fully saturated rings. The Morgan fingerprint density at radius 3 is 2.30 bits per heavy atom. The average molecular weight is 417 g/mol. The van der Waals surface area contributed by atoms with Crippen molar-refractivity contribution in [2.75, 3.05) is 33.4 Å². The fourth-order valence-corrected chi connectivity index (χ4v) is 4.84. The van der Waals surface area contributed by atoms with Crippen molar-refractivity contribution in [3.63, 3.8) is 0 Å². The fourth-order valence-electron chi connectivity index (χ4n) is 4.84. The van der Waals surface area contributed by atoms with Crippen LogP contribution < -0.4 is 14.8 Å². The van der Waals surface area contributed by atoms with Crippen molar-refractivity contribution >= 4 is 0 Å². The normalized spacial score (nSPS) is 21.8. The Morgan fingerprint density at radius 1 is 1.00 bits per heavy atom. The Hall–Kier alpha value is -1.30. The molecule has 1 aliphatic heterocycles. The van der Waals surface area contributed by atoms with Crippen LogP contribution in [0.2, 0.25) is 0 Å². The van der Waals surface area contributed by atoms with Gasteiger partial charge in [0.25, 0.3) is 0 Å². The maximum Gasteiger partial charge on any atom is 0.161 e. The van der Waals surface area contributed by atoms with Gasteiger partial charge in [0.1, 0.15) is 12.7 Å². The maximum absolute atomic E-state index is 10.6. The molecule has 4 rings (SSSR count). The Balaban J connectivity index is 1.28. The van der Waals surface area contributed by atoms with E-state index in [9.17, 15) is 5.11 Å². The minimum Gasteiger partial charge on any atom is -0.493 e. The van der Waals surface area contributed by atoms with E-state index in [0.717, 1.165) is 43.0 Å². The van der Waals surface area contributed by atoms with Crippen LogP contribution in [0.25, 0.3) is 0 Å². The lowest BCUT2D eigenvalue weighted by atomic mass is 10.1. The van der Waals surface area contributed by atoms with Gasteiger partial charge in [-0.05, 0) is 81.1 Å². The first-order valence-electron chi connectivity index (χ1n) is 12.2. The van der Waals surface area contributed by atoms with Crippen molar-refractivity contribution in [3.8, 4) is 11.5 Å². The summed E-state index contributed by atoms with van der Waals surface area (Å²) in [5.41, 5.74) is 1.22. The molecule has 5 heteroatoms. The standard InChI is InChI=1S/C25H40N2O3/c1-29-23-12-7-19(16-26-25(20-8-9-20)21-10-11-21)15-24(23)30-18-22(28)17-27-13-5-3-2-4-6-14-27/h7,12,15,20-22,25-26,28H,2-6,8-11,13-14,16-18H2,1H3/t22-/m1/s1. The summed E-state index contributed by atoms with van der Waals surface area (Å²) in [7, 11) is 1.67. The number of hydrogen-bond acceptors (Lipinski definition) is 5. The van der Waals surface area contributed by atoms with Crippen molar-refractivity contribution in [2.24, 2.45) is 11.8 Å². The van der Waals surface area contributed by atoms with E-state index in [4.69, 9.17) is 9.47 Å². The number of rotatable bonds is 11. The van der Waals surface area contributed by atoms with Gasteiger partial charge >= 0.3 is 0 Å². The number of benzene rings is 1. The molecule has 0 unspecified atom stereocenters. The number of ether oxygens (including phenoxy) is 2. The molecule has 2 aliphatic carbocycles. The van der Waals surface area contributed by atoms with Crippen LogP contribution in [-0.4, -0.2) is 55.5 Å². The van der Waals surface area contributed by atoms with E-state index in [1.807, 2.05) is 6.07 Å². The van der Waals surface area contributed by atoms with Gasteiger partial charge in [-0.25, -0.2) is 0 Å². The summed E-state index contributed by atoms with van der Waals surface area (Å²) >= 11 is 0. The summed E-state index contributed by atoms with van der Waals surface area (Å²) in [5.74, 6) is 3.26. The van der Waals surface area contributed by atoms with Gasteiger partial charge in [0.2, 0.25) is 0 Å². The molecule has 2 N–H and O–H groups in total. The molecule has 168 valence electrons. The van der Waals surface area contributed by atoms with E-state index in [-0.39, 0.29) is 0 Å². The highest BCUT2D eigenvalue weighted by molar-refractivity contribution is 5.43. The molecule has 0 radical (unpaired) electrons. The second-order valence-electron chi connectivity index (χ2n) is 9.60. The van der Waals surface area contributed by atoms with Crippen molar-refractivity contribution in [2.45, 2.75) is 76.5 Å². The maximum atomic E-state index is 10.6. The molecule has 5 nitrogen and oxygen atoms in total. The van der Waals surface area contributed by atoms with E-state index in [2.05, 4.69) is 22.3 Å². The van der Waals surface area contributed by atoms with Gasteiger partial charge in [-0.1, -0.05) is 25.3 Å². The third-order valence-corrected chi connectivity index (χ3v) is 6.88.